The maximum Gasteiger partial charge on any atom is 0.156 e. The van der Waals surface area contributed by atoms with Crippen LogP contribution in [0.4, 0.5) is 15.9 Å². The highest BCUT2D eigenvalue weighted by atomic mass is 19.1. The van der Waals surface area contributed by atoms with Crippen molar-refractivity contribution in [3.8, 4) is 11.3 Å². The van der Waals surface area contributed by atoms with Crippen molar-refractivity contribution in [3.63, 3.8) is 0 Å². The Hall–Kier alpha value is -2.21. The molecular formula is C15H17FN4O. The van der Waals surface area contributed by atoms with Crippen LogP contribution in [-0.2, 0) is 4.74 Å². The monoisotopic (exact) mass is 288 g/mol. The summed E-state index contributed by atoms with van der Waals surface area (Å²) < 4.78 is 18.4. The maximum absolute atomic E-state index is 13.1. The number of aromatic nitrogens is 2. The molecule has 1 aliphatic heterocycles. The van der Waals surface area contributed by atoms with Crippen LogP contribution in [0.5, 0.6) is 0 Å². The molecule has 1 aliphatic rings. The van der Waals surface area contributed by atoms with Gasteiger partial charge in [-0.1, -0.05) is 0 Å². The van der Waals surface area contributed by atoms with Gasteiger partial charge in [0, 0.05) is 18.7 Å². The first-order valence-corrected chi connectivity index (χ1v) is 6.88. The molecule has 21 heavy (non-hydrogen) atoms. The summed E-state index contributed by atoms with van der Waals surface area (Å²) in [5.74, 6) is 1.09. The third-order valence-corrected chi connectivity index (χ3v) is 3.47. The van der Waals surface area contributed by atoms with Crippen molar-refractivity contribution >= 4 is 11.5 Å². The fourth-order valence-corrected chi connectivity index (χ4v) is 2.41. The molecule has 1 aromatic heterocycles. The van der Waals surface area contributed by atoms with Crippen molar-refractivity contribution < 1.29 is 9.13 Å². The molecule has 1 saturated heterocycles. The highest BCUT2D eigenvalue weighted by Gasteiger charge is 2.19. The molecule has 110 valence electrons. The molecular weight excluding hydrogens is 271 g/mol. The number of halogens is 1. The van der Waals surface area contributed by atoms with Crippen molar-refractivity contribution in [2.24, 2.45) is 0 Å². The summed E-state index contributed by atoms with van der Waals surface area (Å²) in [5.41, 5.74) is 8.20. The summed E-state index contributed by atoms with van der Waals surface area (Å²) in [5, 5.41) is 0. The zero-order valence-corrected chi connectivity index (χ0v) is 11.8. The van der Waals surface area contributed by atoms with Crippen molar-refractivity contribution in [2.45, 2.75) is 6.92 Å². The normalized spacial score (nSPS) is 15.2. The van der Waals surface area contributed by atoms with Gasteiger partial charge in [0.15, 0.2) is 5.82 Å². The molecule has 0 aliphatic carbocycles. The van der Waals surface area contributed by atoms with Gasteiger partial charge in [0.1, 0.15) is 17.3 Å². The lowest BCUT2D eigenvalue weighted by Crippen LogP contribution is -2.37. The average Bonchev–Trinajstić information content (AvgIpc) is 2.51. The second-order valence-corrected chi connectivity index (χ2v) is 4.96. The highest BCUT2D eigenvalue weighted by Crippen LogP contribution is 2.31. The largest absolute Gasteiger partial charge is 0.394 e. The first-order chi connectivity index (χ1) is 10.1. The minimum atomic E-state index is -0.281. The zero-order chi connectivity index (χ0) is 14.8. The minimum absolute atomic E-state index is 0.281. The van der Waals surface area contributed by atoms with E-state index in [-0.39, 0.29) is 5.82 Å². The number of nitrogens with zero attached hydrogens (tertiary/aromatic N) is 3. The highest BCUT2D eigenvalue weighted by molar-refractivity contribution is 5.81. The quantitative estimate of drug-likeness (QED) is 0.915. The predicted octanol–water partition coefficient (Wildman–Crippen LogP) is 2.01. The SMILES string of the molecule is Cc1nc(-c2ccc(F)cc2)c(N)c(N2CCOCC2)n1. The predicted molar refractivity (Wildman–Crippen MR) is 79.6 cm³/mol. The Morgan fingerprint density at radius 2 is 1.81 bits per heavy atom. The van der Waals surface area contributed by atoms with Gasteiger partial charge in [-0.25, -0.2) is 14.4 Å². The topological polar surface area (TPSA) is 64.3 Å². The zero-order valence-electron chi connectivity index (χ0n) is 11.8. The first-order valence-electron chi connectivity index (χ1n) is 6.88. The van der Waals surface area contributed by atoms with Crippen LogP contribution in [0.1, 0.15) is 5.82 Å². The van der Waals surface area contributed by atoms with Crippen molar-refractivity contribution in [1.82, 2.24) is 9.97 Å². The van der Waals surface area contributed by atoms with Gasteiger partial charge in [-0.15, -0.1) is 0 Å². The Kier molecular flexibility index (Phi) is 3.70. The second-order valence-electron chi connectivity index (χ2n) is 4.96. The van der Waals surface area contributed by atoms with E-state index < -0.39 is 0 Å². The molecule has 2 N–H and O–H groups in total. The molecule has 0 bridgehead atoms. The van der Waals surface area contributed by atoms with Crippen LogP contribution in [0.3, 0.4) is 0 Å². The average molecular weight is 288 g/mol. The van der Waals surface area contributed by atoms with Gasteiger partial charge in [0.25, 0.3) is 0 Å². The molecule has 0 radical (unpaired) electrons. The lowest BCUT2D eigenvalue weighted by atomic mass is 10.1. The summed E-state index contributed by atoms with van der Waals surface area (Å²) in [6.45, 7) is 4.66. The molecule has 0 saturated carbocycles. The van der Waals surface area contributed by atoms with Crippen molar-refractivity contribution in [1.29, 1.82) is 0 Å². The van der Waals surface area contributed by atoms with Crippen LogP contribution in [0.25, 0.3) is 11.3 Å². The van der Waals surface area contributed by atoms with E-state index >= 15 is 0 Å². The molecule has 0 spiro atoms. The van der Waals surface area contributed by atoms with Gasteiger partial charge in [0.05, 0.1) is 18.9 Å². The number of ether oxygens (including phenoxy) is 1. The van der Waals surface area contributed by atoms with E-state index in [2.05, 4.69) is 14.9 Å². The van der Waals surface area contributed by atoms with E-state index in [1.54, 1.807) is 12.1 Å². The van der Waals surface area contributed by atoms with Crippen LogP contribution in [0.15, 0.2) is 24.3 Å². The van der Waals surface area contributed by atoms with Crippen LogP contribution < -0.4 is 10.6 Å². The number of anilines is 2. The molecule has 5 nitrogen and oxygen atoms in total. The Bertz CT molecular complexity index is 639. The molecule has 1 aromatic carbocycles. The summed E-state index contributed by atoms with van der Waals surface area (Å²) in [6, 6.07) is 6.16. The van der Waals surface area contributed by atoms with E-state index in [9.17, 15) is 4.39 Å². The summed E-state index contributed by atoms with van der Waals surface area (Å²) >= 11 is 0. The van der Waals surface area contributed by atoms with Gasteiger partial charge in [-0.2, -0.15) is 0 Å². The minimum Gasteiger partial charge on any atom is -0.394 e. The third-order valence-electron chi connectivity index (χ3n) is 3.47. The second kappa shape index (κ2) is 5.65. The number of nitrogen functional groups attached to an aromatic ring is 1. The summed E-state index contributed by atoms with van der Waals surface area (Å²) in [6.07, 6.45) is 0. The molecule has 3 rings (SSSR count). The van der Waals surface area contributed by atoms with Gasteiger partial charge in [-0.3, -0.25) is 0 Å². The van der Waals surface area contributed by atoms with Crippen LogP contribution in [-0.4, -0.2) is 36.3 Å². The van der Waals surface area contributed by atoms with Crippen LogP contribution in [0.2, 0.25) is 0 Å². The van der Waals surface area contributed by atoms with Gasteiger partial charge in [-0.05, 0) is 31.2 Å². The number of hydrogen-bond donors (Lipinski definition) is 1. The maximum atomic E-state index is 13.1. The van der Waals surface area contributed by atoms with Crippen LogP contribution >= 0.6 is 0 Å². The standard InChI is InChI=1S/C15H17FN4O/c1-10-18-14(11-2-4-12(16)5-3-11)13(17)15(19-10)20-6-8-21-9-7-20/h2-5H,6-9,17H2,1H3. The molecule has 0 amide bonds. The number of aryl methyl sites for hydroxylation is 1. The Labute approximate surface area is 122 Å². The van der Waals surface area contributed by atoms with E-state index in [4.69, 9.17) is 10.5 Å². The van der Waals surface area contributed by atoms with Crippen molar-refractivity contribution in [3.05, 3.63) is 35.9 Å². The van der Waals surface area contributed by atoms with E-state index in [1.807, 2.05) is 6.92 Å². The molecule has 0 unspecified atom stereocenters. The van der Waals surface area contributed by atoms with Crippen molar-refractivity contribution in [2.75, 3.05) is 36.9 Å². The van der Waals surface area contributed by atoms with E-state index in [1.165, 1.54) is 12.1 Å². The molecule has 2 heterocycles. The van der Waals surface area contributed by atoms with E-state index in [0.29, 0.717) is 30.4 Å². The fourth-order valence-electron chi connectivity index (χ4n) is 2.41. The Morgan fingerprint density at radius 1 is 1.14 bits per heavy atom. The third kappa shape index (κ3) is 2.80. The molecule has 1 fully saturated rings. The number of nitrogens with two attached hydrogens (primary N) is 1. The smallest absolute Gasteiger partial charge is 0.156 e. The van der Waals surface area contributed by atoms with Gasteiger partial charge < -0.3 is 15.4 Å². The summed E-state index contributed by atoms with van der Waals surface area (Å²) in [7, 11) is 0. The van der Waals surface area contributed by atoms with Gasteiger partial charge in [0.2, 0.25) is 0 Å². The number of rotatable bonds is 2. The fraction of sp³-hybridized carbons (Fsp3) is 0.333. The molecule has 0 atom stereocenters. The van der Waals surface area contributed by atoms with Crippen LogP contribution in [0, 0.1) is 12.7 Å². The summed E-state index contributed by atoms with van der Waals surface area (Å²) in [4.78, 5) is 11.0. The van der Waals surface area contributed by atoms with E-state index in [0.717, 1.165) is 24.5 Å². The Morgan fingerprint density at radius 3 is 2.48 bits per heavy atom. The lowest BCUT2D eigenvalue weighted by molar-refractivity contribution is 0.122. The Balaban J connectivity index is 2.04. The number of morpholine rings is 1. The number of benzene rings is 1. The molecule has 2 aromatic rings. The lowest BCUT2D eigenvalue weighted by Gasteiger charge is -2.29. The number of hydrogen-bond acceptors (Lipinski definition) is 5. The first kappa shape index (κ1) is 13.8. The molecule has 6 heteroatoms. The van der Waals surface area contributed by atoms with Gasteiger partial charge >= 0.3 is 0 Å².